The molecule has 0 atom stereocenters. The van der Waals surface area contributed by atoms with E-state index in [2.05, 4.69) is 0 Å². The van der Waals surface area contributed by atoms with E-state index in [9.17, 15) is 21.6 Å². The van der Waals surface area contributed by atoms with Crippen LogP contribution in [0.4, 0.5) is 13.2 Å². The molecule has 0 aromatic heterocycles. The number of halogens is 3. The fraction of sp³-hybridized carbons (Fsp3) is 1.00. The van der Waals surface area contributed by atoms with Gasteiger partial charge in [0.15, 0.2) is 0 Å². The number of nitrogens with one attached hydrogen (secondary N) is 1. The van der Waals surface area contributed by atoms with E-state index in [0.717, 1.165) is 4.31 Å². The third-order valence-corrected chi connectivity index (χ3v) is 3.13. The van der Waals surface area contributed by atoms with Crippen LogP contribution < -0.4 is 4.72 Å². The lowest BCUT2D eigenvalue weighted by molar-refractivity contribution is -0.121. The highest BCUT2D eigenvalue weighted by molar-refractivity contribution is 7.87. The van der Waals surface area contributed by atoms with E-state index in [1.807, 2.05) is 0 Å². The fourth-order valence-corrected chi connectivity index (χ4v) is 2.01. The summed E-state index contributed by atoms with van der Waals surface area (Å²) >= 11 is 0. The summed E-state index contributed by atoms with van der Waals surface area (Å²) in [4.78, 5) is 0. The highest BCUT2D eigenvalue weighted by Crippen LogP contribution is 2.13. The van der Waals surface area contributed by atoms with Crippen molar-refractivity contribution in [3.8, 4) is 0 Å². The van der Waals surface area contributed by atoms with E-state index in [-0.39, 0.29) is 13.1 Å². The minimum Gasteiger partial charge on any atom is -0.395 e. The first kappa shape index (κ1) is 14.6. The predicted octanol–water partition coefficient (Wildman–Crippen LogP) is -0.303. The van der Waals surface area contributed by atoms with Crippen molar-refractivity contribution >= 4 is 10.2 Å². The molecule has 0 amide bonds. The van der Waals surface area contributed by atoms with Gasteiger partial charge in [-0.15, -0.1) is 0 Å². The normalized spacial score (nSPS) is 13.5. The molecule has 0 saturated carbocycles. The van der Waals surface area contributed by atoms with Gasteiger partial charge in [-0.2, -0.15) is 30.6 Å². The Morgan fingerprint density at radius 3 is 2.27 bits per heavy atom. The zero-order valence-electron chi connectivity index (χ0n) is 8.08. The first-order valence-electron chi connectivity index (χ1n) is 4.15. The second kappa shape index (κ2) is 5.64. The highest BCUT2D eigenvalue weighted by atomic mass is 32.2. The van der Waals surface area contributed by atoms with Gasteiger partial charge in [-0.1, -0.05) is 6.92 Å². The number of aliphatic hydroxyl groups is 1. The molecule has 0 rings (SSSR count). The van der Waals surface area contributed by atoms with E-state index in [0.29, 0.717) is 0 Å². The van der Waals surface area contributed by atoms with Crippen LogP contribution in [0.25, 0.3) is 0 Å². The van der Waals surface area contributed by atoms with Gasteiger partial charge in [0.1, 0.15) is 6.54 Å². The molecule has 0 bridgehead atoms. The summed E-state index contributed by atoms with van der Waals surface area (Å²) in [6.45, 7) is -0.835. The second-order valence-electron chi connectivity index (χ2n) is 2.66. The van der Waals surface area contributed by atoms with Crippen LogP contribution in [-0.4, -0.2) is 50.2 Å². The maximum absolute atomic E-state index is 11.7. The molecule has 0 fully saturated rings. The van der Waals surface area contributed by atoms with Crippen molar-refractivity contribution in [2.45, 2.75) is 13.1 Å². The van der Waals surface area contributed by atoms with Gasteiger partial charge in [0.05, 0.1) is 6.61 Å². The SMILES string of the molecule is CCN(CCO)S(=O)(=O)NCC(F)(F)F. The van der Waals surface area contributed by atoms with Gasteiger partial charge in [0.25, 0.3) is 10.2 Å². The average Bonchev–Trinajstić information content (AvgIpc) is 2.10. The molecule has 0 heterocycles. The Morgan fingerprint density at radius 2 is 1.93 bits per heavy atom. The van der Waals surface area contributed by atoms with Gasteiger partial charge >= 0.3 is 6.18 Å². The summed E-state index contributed by atoms with van der Waals surface area (Å²) in [5.74, 6) is 0. The molecule has 0 saturated heterocycles. The van der Waals surface area contributed by atoms with Crippen LogP contribution in [0.3, 0.4) is 0 Å². The van der Waals surface area contributed by atoms with Gasteiger partial charge in [0, 0.05) is 13.1 Å². The molecular weight excluding hydrogens is 237 g/mol. The molecule has 0 aromatic carbocycles. The summed E-state index contributed by atoms with van der Waals surface area (Å²) < 4.78 is 59.8. The molecule has 0 aliphatic carbocycles. The number of rotatable bonds is 6. The van der Waals surface area contributed by atoms with E-state index < -0.39 is 29.5 Å². The summed E-state index contributed by atoms with van der Waals surface area (Å²) in [7, 11) is -4.16. The van der Waals surface area contributed by atoms with E-state index in [1.165, 1.54) is 11.6 Å². The van der Waals surface area contributed by atoms with Crippen LogP contribution >= 0.6 is 0 Å². The molecular formula is C6H13F3N2O3S. The third-order valence-electron chi connectivity index (χ3n) is 1.50. The molecule has 0 unspecified atom stereocenters. The van der Waals surface area contributed by atoms with Gasteiger partial charge in [-0.25, -0.2) is 0 Å². The Kier molecular flexibility index (Phi) is 5.49. The number of nitrogens with zero attached hydrogens (tertiary/aromatic N) is 1. The second-order valence-corrected chi connectivity index (χ2v) is 4.41. The monoisotopic (exact) mass is 250 g/mol. The zero-order chi connectivity index (χ0) is 12.1. The topological polar surface area (TPSA) is 69.6 Å². The Balaban J connectivity index is 4.40. The Bertz CT molecular complexity index is 278. The summed E-state index contributed by atoms with van der Waals surface area (Å²) in [6.07, 6.45) is -4.59. The van der Waals surface area contributed by atoms with Crippen molar-refractivity contribution < 1.29 is 26.7 Å². The lowest BCUT2D eigenvalue weighted by Crippen LogP contribution is -2.45. The van der Waals surface area contributed by atoms with E-state index in [1.54, 1.807) is 0 Å². The van der Waals surface area contributed by atoms with Crippen LogP contribution in [0.2, 0.25) is 0 Å². The number of aliphatic hydroxyl groups excluding tert-OH is 1. The maximum Gasteiger partial charge on any atom is 0.402 e. The fourth-order valence-electron chi connectivity index (χ4n) is 0.824. The number of hydrogen-bond acceptors (Lipinski definition) is 3. The molecule has 0 radical (unpaired) electrons. The Labute approximate surface area is 86.1 Å². The van der Waals surface area contributed by atoms with Crippen LogP contribution in [-0.2, 0) is 10.2 Å². The number of alkyl halides is 3. The van der Waals surface area contributed by atoms with E-state index >= 15 is 0 Å². The molecule has 9 heteroatoms. The Hall–Kier alpha value is -0.380. The molecule has 0 aromatic rings. The highest BCUT2D eigenvalue weighted by Gasteiger charge is 2.31. The molecule has 15 heavy (non-hydrogen) atoms. The minimum absolute atomic E-state index is 0.00620. The lowest BCUT2D eigenvalue weighted by atomic mass is 10.6. The lowest BCUT2D eigenvalue weighted by Gasteiger charge is -2.20. The van der Waals surface area contributed by atoms with Gasteiger partial charge < -0.3 is 5.11 Å². The van der Waals surface area contributed by atoms with Crippen molar-refractivity contribution in [3.05, 3.63) is 0 Å². The molecule has 5 nitrogen and oxygen atoms in total. The first-order chi connectivity index (χ1) is 6.73. The van der Waals surface area contributed by atoms with Gasteiger partial charge in [0.2, 0.25) is 0 Å². The molecule has 0 aliphatic heterocycles. The largest absolute Gasteiger partial charge is 0.402 e. The quantitative estimate of drug-likeness (QED) is 0.680. The van der Waals surface area contributed by atoms with Gasteiger partial charge in [-0.05, 0) is 0 Å². The molecule has 0 aliphatic rings. The maximum atomic E-state index is 11.7. The van der Waals surface area contributed by atoms with Crippen molar-refractivity contribution in [2.24, 2.45) is 0 Å². The molecule has 92 valence electrons. The van der Waals surface area contributed by atoms with Crippen molar-refractivity contribution in [1.82, 2.24) is 9.03 Å². The van der Waals surface area contributed by atoms with Crippen LogP contribution in [0, 0.1) is 0 Å². The molecule has 2 N–H and O–H groups in total. The van der Waals surface area contributed by atoms with Crippen molar-refractivity contribution in [2.75, 3.05) is 26.2 Å². The van der Waals surface area contributed by atoms with Crippen molar-refractivity contribution in [1.29, 1.82) is 0 Å². The molecule has 0 spiro atoms. The van der Waals surface area contributed by atoms with Crippen LogP contribution in [0.1, 0.15) is 6.92 Å². The van der Waals surface area contributed by atoms with Crippen LogP contribution in [0.5, 0.6) is 0 Å². The smallest absolute Gasteiger partial charge is 0.395 e. The van der Waals surface area contributed by atoms with Crippen molar-refractivity contribution in [3.63, 3.8) is 0 Å². The standard InChI is InChI=1S/C6H13F3N2O3S/c1-2-11(3-4-12)15(13,14)10-5-6(7,8)9/h10,12H,2-5H2,1H3. The van der Waals surface area contributed by atoms with E-state index in [4.69, 9.17) is 5.11 Å². The zero-order valence-corrected chi connectivity index (χ0v) is 8.90. The Morgan fingerprint density at radius 1 is 1.40 bits per heavy atom. The summed E-state index contributed by atoms with van der Waals surface area (Å²) in [5.41, 5.74) is 0. The third kappa shape index (κ3) is 5.92. The number of hydrogen-bond donors (Lipinski definition) is 2. The number of likely N-dealkylation sites (N-methyl/N-ethyl adjacent to an activating group) is 1. The minimum atomic E-state index is -4.59. The van der Waals surface area contributed by atoms with Crippen LogP contribution in [0.15, 0.2) is 0 Å². The first-order valence-corrected chi connectivity index (χ1v) is 5.59. The average molecular weight is 250 g/mol. The predicted molar refractivity (Wildman–Crippen MR) is 47.3 cm³/mol. The summed E-state index contributed by atoms with van der Waals surface area (Å²) in [5, 5.41) is 8.50. The van der Waals surface area contributed by atoms with Gasteiger partial charge in [-0.3, -0.25) is 0 Å². The summed E-state index contributed by atoms with van der Waals surface area (Å²) in [6, 6.07) is 0.